The average Bonchev–Trinajstić information content (AvgIpc) is 3.14. The molecule has 1 unspecified atom stereocenters. The summed E-state index contributed by atoms with van der Waals surface area (Å²) in [4.78, 5) is 12.0. The van der Waals surface area contributed by atoms with Crippen molar-refractivity contribution in [2.24, 2.45) is 17.3 Å². The molecule has 2 aliphatic carbocycles. The van der Waals surface area contributed by atoms with Crippen LogP contribution in [0.2, 0.25) is 0 Å². The Morgan fingerprint density at radius 2 is 2.00 bits per heavy atom. The SMILES string of the molecule is O=C(CCC1CC1)C1CC12CCNCC2. The van der Waals surface area contributed by atoms with Crippen molar-refractivity contribution in [1.82, 2.24) is 5.32 Å². The number of carbonyl (C=O) groups excluding carboxylic acids is 1. The predicted octanol–water partition coefficient (Wildman–Crippen LogP) is 2.14. The smallest absolute Gasteiger partial charge is 0.136 e. The third-order valence-electron chi connectivity index (χ3n) is 4.67. The summed E-state index contributed by atoms with van der Waals surface area (Å²) in [5, 5.41) is 3.39. The summed E-state index contributed by atoms with van der Waals surface area (Å²) in [6, 6.07) is 0. The van der Waals surface area contributed by atoms with Gasteiger partial charge in [-0.05, 0) is 50.1 Å². The lowest BCUT2D eigenvalue weighted by Crippen LogP contribution is -2.30. The van der Waals surface area contributed by atoms with Crippen LogP contribution in [-0.2, 0) is 4.79 Å². The fourth-order valence-corrected chi connectivity index (χ4v) is 3.21. The number of piperidine rings is 1. The normalized spacial score (nSPS) is 32.9. The molecule has 3 aliphatic rings. The molecule has 3 fully saturated rings. The van der Waals surface area contributed by atoms with Gasteiger partial charge in [-0.25, -0.2) is 0 Å². The molecule has 1 N–H and O–H groups in total. The van der Waals surface area contributed by atoms with E-state index in [0.29, 0.717) is 17.1 Å². The van der Waals surface area contributed by atoms with Crippen LogP contribution < -0.4 is 5.32 Å². The maximum Gasteiger partial charge on any atom is 0.136 e. The van der Waals surface area contributed by atoms with Gasteiger partial charge in [0.15, 0.2) is 0 Å². The molecule has 2 saturated carbocycles. The minimum atomic E-state index is 0.457. The highest BCUT2D eigenvalue weighted by Crippen LogP contribution is 2.59. The number of ketones is 1. The number of Topliss-reactive ketones (excluding diaryl/α,β-unsaturated/α-hetero) is 1. The molecule has 1 aliphatic heterocycles. The molecule has 0 aromatic carbocycles. The van der Waals surface area contributed by atoms with E-state index in [4.69, 9.17) is 0 Å². The standard InChI is InChI=1S/C13H21NO/c15-12(4-3-10-1-2-10)11-9-13(11)5-7-14-8-6-13/h10-11,14H,1-9H2. The number of nitrogens with one attached hydrogen (secondary N) is 1. The molecular weight excluding hydrogens is 186 g/mol. The molecular formula is C13H21NO. The van der Waals surface area contributed by atoms with E-state index in [2.05, 4.69) is 5.32 Å². The van der Waals surface area contributed by atoms with Crippen molar-refractivity contribution in [3.63, 3.8) is 0 Å². The Bertz CT molecular complexity index is 264. The van der Waals surface area contributed by atoms with Crippen LogP contribution in [0.3, 0.4) is 0 Å². The number of carbonyl (C=O) groups is 1. The van der Waals surface area contributed by atoms with E-state index < -0.39 is 0 Å². The predicted molar refractivity (Wildman–Crippen MR) is 59.6 cm³/mol. The number of rotatable bonds is 4. The fourth-order valence-electron chi connectivity index (χ4n) is 3.21. The Morgan fingerprint density at radius 1 is 1.27 bits per heavy atom. The lowest BCUT2D eigenvalue weighted by Gasteiger charge is -2.23. The second-order valence-electron chi connectivity index (χ2n) is 5.82. The Kier molecular flexibility index (Phi) is 2.35. The van der Waals surface area contributed by atoms with Gasteiger partial charge in [-0.1, -0.05) is 12.8 Å². The Balaban J connectivity index is 1.48. The largest absolute Gasteiger partial charge is 0.317 e. The van der Waals surface area contributed by atoms with E-state index in [-0.39, 0.29) is 0 Å². The second-order valence-corrected chi connectivity index (χ2v) is 5.82. The molecule has 1 heterocycles. The summed E-state index contributed by atoms with van der Waals surface area (Å²) in [6.07, 6.45) is 8.52. The van der Waals surface area contributed by atoms with E-state index in [1.54, 1.807) is 0 Å². The van der Waals surface area contributed by atoms with Gasteiger partial charge >= 0.3 is 0 Å². The van der Waals surface area contributed by atoms with Crippen LogP contribution in [0.15, 0.2) is 0 Å². The van der Waals surface area contributed by atoms with E-state index in [0.717, 1.165) is 25.4 Å². The summed E-state index contributed by atoms with van der Waals surface area (Å²) in [7, 11) is 0. The van der Waals surface area contributed by atoms with Crippen molar-refractivity contribution < 1.29 is 4.79 Å². The maximum atomic E-state index is 12.0. The molecule has 0 bridgehead atoms. The highest BCUT2D eigenvalue weighted by atomic mass is 16.1. The lowest BCUT2D eigenvalue weighted by atomic mass is 9.90. The van der Waals surface area contributed by atoms with Crippen LogP contribution in [0, 0.1) is 17.3 Å². The Labute approximate surface area is 91.8 Å². The third kappa shape index (κ3) is 1.96. The molecule has 1 saturated heterocycles. The van der Waals surface area contributed by atoms with Crippen LogP contribution in [-0.4, -0.2) is 18.9 Å². The zero-order chi connectivity index (χ0) is 10.3. The fraction of sp³-hybridized carbons (Fsp3) is 0.923. The van der Waals surface area contributed by atoms with Crippen LogP contribution in [0.1, 0.15) is 44.9 Å². The van der Waals surface area contributed by atoms with Gasteiger partial charge in [-0.2, -0.15) is 0 Å². The minimum Gasteiger partial charge on any atom is -0.317 e. The molecule has 0 amide bonds. The average molecular weight is 207 g/mol. The molecule has 15 heavy (non-hydrogen) atoms. The van der Waals surface area contributed by atoms with Gasteiger partial charge in [0.1, 0.15) is 5.78 Å². The third-order valence-corrected chi connectivity index (χ3v) is 4.67. The summed E-state index contributed by atoms with van der Waals surface area (Å²) in [5.74, 6) is 1.96. The van der Waals surface area contributed by atoms with Crippen LogP contribution in [0.25, 0.3) is 0 Å². The van der Waals surface area contributed by atoms with E-state index in [1.807, 2.05) is 0 Å². The lowest BCUT2D eigenvalue weighted by molar-refractivity contribution is -0.121. The molecule has 0 radical (unpaired) electrons. The maximum absolute atomic E-state index is 12.0. The topological polar surface area (TPSA) is 29.1 Å². The van der Waals surface area contributed by atoms with Gasteiger partial charge in [0.05, 0.1) is 0 Å². The van der Waals surface area contributed by atoms with Gasteiger partial charge < -0.3 is 5.32 Å². The summed E-state index contributed by atoms with van der Waals surface area (Å²) >= 11 is 0. The first-order chi connectivity index (χ1) is 7.30. The molecule has 1 atom stereocenters. The molecule has 2 nitrogen and oxygen atoms in total. The van der Waals surface area contributed by atoms with Crippen LogP contribution in [0.4, 0.5) is 0 Å². The van der Waals surface area contributed by atoms with Crippen molar-refractivity contribution in [2.75, 3.05) is 13.1 Å². The molecule has 84 valence electrons. The highest BCUT2D eigenvalue weighted by Gasteiger charge is 2.56. The summed E-state index contributed by atoms with van der Waals surface area (Å²) < 4.78 is 0. The molecule has 0 aromatic heterocycles. The molecule has 2 heteroatoms. The van der Waals surface area contributed by atoms with Crippen LogP contribution in [0.5, 0.6) is 0 Å². The summed E-state index contributed by atoms with van der Waals surface area (Å²) in [6.45, 7) is 2.26. The Morgan fingerprint density at radius 3 is 2.67 bits per heavy atom. The first-order valence-corrected chi connectivity index (χ1v) is 6.54. The highest BCUT2D eigenvalue weighted by molar-refractivity contribution is 5.84. The number of hydrogen-bond donors (Lipinski definition) is 1. The van der Waals surface area contributed by atoms with Crippen molar-refractivity contribution in [2.45, 2.75) is 44.9 Å². The van der Waals surface area contributed by atoms with Crippen molar-refractivity contribution in [3.05, 3.63) is 0 Å². The zero-order valence-electron chi connectivity index (χ0n) is 9.43. The molecule has 0 aromatic rings. The first-order valence-electron chi connectivity index (χ1n) is 6.54. The van der Waals surface area contributed by atoms with Gasteiger partial charge in [0.2, 0.25) is 0 Å². The van der Waals surface area contributed by atoms with Crippen LogP contribution >= 0.6 is 0 Å². The van der Waals surface area contributed by atoms with Crippen molar-refractivity contribution >= 4 is 5.78 Å². The first kappa shape index (κ1) is 9.83. The van der Waals surface area contributed by atoms with Gasteiger partial charge in [-0.3, -0.25) is 4.79 Å². The van der Waals surface area contributed by atoms with Crippen molar-refractivity contribution in [1.29, 1.82) is 0 Å². The summed E-state index contributed by atoms with van der Waals surface area (Å²) in [5.41, 5.74) is 0.464. The molecule has 3 rings (SSSR count). The van der Waals surface area contributed by atoms with E-state index in [9.17, 15) is 4.79 Å². The monoisotopic (exact) mass is 207 g/mol. The second kappa shape index (κ2) is 3.58. The Hall–Kier alpha value is -0.370. The molecule has 1 spiro atoms. The van der Waals surface area contributed by atoms with Gasteiger partial charge in [-0.15, -0.1) is 0 Å². The van der Waals surface area contributed by atoms with E-state index >= 15 is 0 Å². The minimum absolute atomic E-state index is 0.457. The van der Waals surface area contributed by atoms with Crippen molar-refractivity contribution in [3.8, 4) is 0 Å². The number of hydrogen-bond acceptors (Lipinski definition) is 2. The zero-order valence-corrected chi connectivity index (χ0v) is 9.43. The van der Waals surface area contributed by atoms with Gasteiger partial charge in [0.25, 0.3) is 0 Å². The quantitative estimate of drug-likeness (QED) is 0.765. The van der Waals surface area contributed by atoms with Gasteiger partial charge in [0, 0.05) is 12.3 Å². The van der Waals surface area contributed by atoms with E-state index in [1.165, 1.54) is 38.5 Å².